The third kappa shape index (κ3) is 4.41. The highest BCUT2D eigenvalue weighted by Gasteiger charge is 2.34. The number of nitrogens with zero attached hydrogens (tertiary/aromatic N) is 4. The van der Waals surface area contributed by atoms with Crippen LogP contribution in [-0.4, -0.2) is 31.4 Å². The first-order valence-electron chi connectivity index (χ1n) is 10.8. The van der Waals surface area contributed by atoms with Crippen molar-refractivity contribution in [1.82, 2.24) is 19.7 Å². The van der Waals surface area contributed by atoms with Crippen LogP contribution in [0.4, 0.5) is 11.6 Å². The molecule has 0 spiro atoms. The predicted molar refractivity (Wildman–Crippen MR) is 129 cm³/mol. The van der Waals surface area contributed by atoms with Crippen molar-refractivity contribution >= 4 is 29.3 Å². The van der Waals surface area contributed by atoms with Gasteiger partial charge in [-0.25, -0.2) is 4.68 Å². The molecule has 0 bridgehead atoms. The van der Waals surface area contributed by atoms with Gasteiger partial charge in [0.15, 0.2) is 0 Å². The van der Waals surface area contributed by atoms with Crippen molar-refractivity contribution in [2.75, 3.05) is 16.4 Å². The molecule has 8 heteroatoms. The number of aromatic nitrogens is 4. The number of hydrogen-bond acceptors (Lipinski definition) is 6. The number of thioether (sulfide) groups is 1. The van der Waals surface area contributed by atoms with E-state index in [1.54, 1.807) is 24.2 Å². The third-order valence-electron chi connectivity index (χ3n) is 5.68. The molecule has 3 heterocycles. The molecule has 1 atom stereocenters. The smallest absolute Gasteiger partial charge is 0.255 e. The van der Waals surface area contributed by atoms with E-state index >= 15 is 0 Å². The molecular formula is C24H28N6OS. The minimum atomic E-state index is -0.396. The largest absolute Gasteiger partial charge is 0.328 e. The molecule has 4 rings (SSSR count). The van der Waals surface area contributed by atoms with Gasteiger partial charge in [-0.3, -0.25) is 9.78 Å². The minimum Gasteiger partial charge on any atom is -0.328 e. The summed E-state index contributed by atoms with van der Waals surface area (Å²) in [5.41, 5.74) is 5.30. The Bertz CT molecular complexity index is 1150. The Labute approximate surface area is 192 Å². The number of carbonyl (C=O) groups is 1. The van der Waals surface area contributed by atoms with Crippen molar-refractivity contribution in [3.05, 3.63) is 70.7 Å². The van der Waals surface area contributed by atoms with E-state index in [0.29, 0.717) is 16.7 Å². The summed E-state index contributed by atoms with van der Waals surface area (Å²) in [6, 6.07) is 9.36. The summed E-state index contributed by atoms with van der Waals surface area (Å²) in [5.74, 6) is 1.45. The van der Waals surface area contributed by atoms with Crippen LogP contribution in [0.2, 0.25) is 0 Å². The van der Waals surface area contributed by atoms with E-state index in [0.717, 1.165) is 46.7 Å². The number of amides is 1. The number of nitrogens with one attached hydrogen (secondary N) is 2. The summed E-state index contributed by atoms with van der Waals surface area (Å²) >= 11 is 1.64. The highest BCUT2D eigenvalue weighted by molar-refractivity contribution is 7.99. The number of carbonyl (C=O) groups excluding carboxylic acids is 1. The molecule has 7 nitrogen and oxygen atoms in total. The summed E-state index contributed by atoms with van der Waals surface area (Å²) in [5, 5.41) is 11.9. The average molecular weight is 449 g/mol. The van der Waals surface area contributed by atoms with E-state index < -0.39 is 6.04 Å². The summed E-state index contributed by atoms with van der Waals surface area (Å²) in [7, 11) is 0. The highest BCUT2D eigenvalue weighted by atomic mass is 32.2. The van der Waals surface area contributed by atoms with Gasteiger partial charge in [0.2, 0.25) is 11.1 Å². The topological polar surface area (TPSA) is 84.7 Å². The van der Waals surface area contributed by atoms with Gasteiger partial charge in [-0.1, -0.05) is 37.2 Å². The molecule has 0 fully saturated rings. The molecule has 3 aromatic rings. The van der Waals surface area contributed by atoms with E-state index in [2.05, 4.69) is 27.5 Å². The van der Waals surface area contributed by atoms with Gasteiger partial charge in [-0.15, -0.1) is 5.10 Å². The normalized spacial score (nSPS) is 15.3. The number of anilines is 2. The number of fused-ring (bicyclic) bond motifs is 1. The van der Waals surface area contributed by atoms with Crippen LogP contribution in [0.5, 0.6) is 0 Å². The fraction of sp³-hybridized carbons (Fsp3) is 0.333. The van der Waals surface area contributed by atoms with Gasteiger partial charge in [0.05, 0.1) is 5.57 Å². The van der Waals surface area contributed by atoms with E-state index in [1.807, 2.05) is 55.8 Å². The molecule has 2 N–H and O–H groups in total. The maximum Gasteiger partial charge on any atom is 0.255 e. The number of rotatable bonds is 7. The third-order valence-corrected chi connectivity index (χ3v) is 6.61. The summed E-state index contributed by atoms with van der Waals surface area (Å²) in [6.07, 6.45) is 5.71. The zero-order chi connectivity index (χ0) is 22.7. The van der Waals surface area contributed by atoms with Crippen molar-refractivity contribution < 1.29 is 4.79 Å². The summed E-state index contributed by atoms with van der Waals surface area (Å²) in [4.78, 5) is 22.4. The Morgan fingerprint density at radius 3 is 2.72 bits per heavy atom. The SMILES string of the molecule is CCCCSc1nc2n(n1)C(c1ccncc1)C(C(=O)Nc1cccc(C)c1C)=C(C)N2. The van der Waals surface area contributed by atoms with Crippen molar-refractivity contribution in [3.63, 3.8) is 0 Å². The quantitative estimate of drug-likeness (QED) is 0.386. The van der Waals surface area contributed by atoms with Crippen molar-refractivity contribution in [1.29, 1.82) is 0 Å². The van der Waals surface area contributed by atoms with E-state index in [-0.39, 0.29) is 5.91 Å². The highest BCUT2D eigenvalue weighted by Crippen LogP contribution is 2.36. The lowest BCUT2D eigenvalue weighted by molar-refractivity contribution is -0.113. The number of benzene rings is 1. The van der Waals surface area contributed by atoms with Crippen LogP contribution in [0.3, 0.4) is 0 Å². The zero-order valence-corrected chi connectivity index (χ0v) is 19.7. The lowest BCUT2D eigenvalue weighted by Crippen LogP contribution is -2.31. The van der Waals surface area contributed by atoms with Crippen LogP contribution in [-0.2, 0) is 4.79 Å². The second-order valence-corrected chi connectivity index (χ2v) is 8.97. The molecule has 1 unspecified atom stereocenters. The van der Waals surface area contributed by atoms with Crippen LogP contribution < -0.4 is 10.6 Å². The fourth-order valence-electron chi connectivity index (χ4n) is 3.72. The van der Waals surface area contributed by atoms with Crippen LogP contribution in [0.25, 0.3) is 0 Å². The number of pyridine rings is 1. The molecule has 0 saturated carbocycles. The van der Waals surface area contributed by atoms with E-state index in [1.165, 1.54) is 0 Å². The van der Waals surface area contributed by atoms with Gasteiger partial charge in [-0.05, 0) is 62.1 Å². The first kappa shape index (κ1) is 22.1. The van der Waals surface area contributed by atoms with Crippen LogP contribution >= 0.6 is 11.8 Å². The lowest BCUT2D eigenvalue weighted by atomic mass is 9.95. The van der Waals surface area contributed by atoms with Gasteiger partial charge < -0.3 is 10.6 Å². The van der Waals surface area contributed by atoms with Gasteiger partial charge in [0.25, 0.3) is 5.91 Å². The van der Waals surface area contributed by atoms with Crippen molar-refractivity contribution in [3.8, 4) is 0 Å². The maximum atomic E-state index is 13.6. The second kappa shape index (κ2) is 9.56. The monoisotopic (exact) mass is 448 g/mol. The van der Waals surface area contributed by atoms with E-state index in [9.17, 15) is 4.79 Å². The predicted octanol–water partition coefficient (Wildman–Crippen LogP) is 5.11. The maximum absolute atomic E-state index is 13.6. The van der Waals surface area contributed by atoms with Crippen LogP contribution in [0.15, 0.2) is 59.2 Å². The number of unbranched alkanes of at least 4 members (excludes halogenated alkanes) is 1. The van der Waals surface area contributed by atoms with Gasteiger partial charge in [-0.2, -0.15) is 4.98 Å². The van der Waals surface area contributed by atoms with Crippen LogP contribution in [0.1, 0.15) is 49.4 Å². The van der Waals surface area contributed by atoms with Gasteiger partial charge >= 0.3 is 0 Å². The number of allylic oxidation sites excluding steroid dienone is 1. The minimum absolute atomic E-state index is 0.160. The average Bonchev–Trinajstić information content (AvgIpc) is 3.18. The molecule has 1 aliphatic heterocycles. The van der Waals surface area contributed by atoms with E-state index in [4.69, 9.17) is 5.10 Å². The Morgan fingerprint density at radius 1 is 1.19 bits per heavy atom. The fourth-order valence-corrected chi connectivity index (χ4v) is 4.64. The van der Waals surface area contributed by atoms with Gasteiger partial charge in [0, 0.05) is 29.5 Å². The first-order chi connectivity index (χ1) is 15.5. The second-order valence-electron chi connectivity index (χ2n) is 7.91. The molecule has 32 heavy (non-hydrogen) atoms. The molecule has 1 aromatic carbocycles. The number of aryl methyl sites for hydroxylation is 1. The number of hydrogen-bond donors (Lipinski definition) is 2. The summed E-state index contributed by atoms with van der Waals surface area (Å²) in [6.45, 7) is 8.13. The Balaban J connectivity index is 1.72. The molecule has 1 amide bonds. The standard InChI is InChI=1S/C24H28N6OS/c1-5-6-14-32-24-28-23-26-17(4)20(21(30(23)29-24)18-10-12-25-13-11-18)22(31)27-19-9-7-8-15(2)16(19)3/h7-13,21H,5-6,14H2,1-4H3,(H,27,31)(H,26,28,29). The van der Waals surface area contributed by atoms with Crippen LogP contribution in [0, 0.1) is 13.8 Å². The zero-order valence-electron chi connectivity index (χ0n) is 18.8. The molecular weight excluding hydrogens is 420 g/mol. The van der Waals surface area contributed by atoms with Gasteiger partial charge in [0.1, 0.15) is 6.04 Å². The Morgan fingerprint density at radius 2 is 1.97 bits per heavy atom. The van der Waals surface area contributed by atoms with Crippen molar-refractivity contribution in [2.45, 2.75) is 51.7 Å². The molecule has 0 radical (unpaired) electrons. The summed E-state index contributed by atoms with van der Waals surface area (Å²) < 4.78 is 1.81. The first-order valence-corrected chi connectivity index (χ1v) is 11.8. The molecule has 166 valence electrons. The Hall–Kier alpha value is -3.13. The molecule has 2 aromatic heterocycles. The van der Waals surface area contributed by atoms with Crippen molar-refractivity contribution in [2.24, 2.45) is 0 Å². The molecule has 0 saturated heterocycles. The molecule has 0 aliphatic carbocycles. The molecule has 1 aliphatic rings. The Kier molecular flexibility index (Phi) is 6.60. The lowest BCUT2D eigenvalue weighted by Gasteiger charge is -2.28.